The van der Waals surface area contributed by atoms with Gasteiger partial charge in [-0.25, -0.2) is 9.59 Å². The van der Waals surface area contributed by atoms with Crippen molar-refractivity contribution in [2.24, 2.45) is 5.92 Å². The van der Waals surface area contributed by atoms with E-state index in [-0.39, 0.29) is 23.6 Å². The number of rotatable bonds is 5. The quantitative estimate of drug-likeness (QED) is 0.207. The van der Waals surface area contributed by atoms with Gasteiger partial charge < -0.3 is 59.3 Å². The van der Waals surface area contributed by atoms with Crippen LogP contribution in [0, 0.1) is 5.92 Å². The second kappa shape index (κ2) is 16.1. The van der Waals surface area contributed by atoms with E-state index in [1.807, 2.05) is 0 Å². The van der Waals surface area contributed by atoms with Crippen LogP contribution in [0.1, 0.15) is 39.2 Å². The lowest BCUT2D eigenvalue weighted by atomic mass is 9.83. The van der Waals surface area contributed by atoms with Gasteiger partial charge in [0.25, 0.3) is 0 Å². The summed E-state index contributed by atoms with van der Waals surface area (Å²) in [6.07, 6.45) is -8.88. The first kappa shape index (κ1) is 40.7. The standard InChI is InChI=1S/C35H48ClN3O14/c1-16-8-7-9-23(48-5)35(47)14-21(51-33(46)38-35)17(2)30-34(3,53-30)24(52-32(45)37-4)13-25(42)39(19-11-18(10-16)12-20(41)26(19)36)31-28(44)29(49-6)27(43)22(15-40)50-31/h7-9,11-12,17,21-24,27-31,40-41,43-44,47H,10,13-15H2,1-6H3,(H,37,45)(H,38,46)/b9-7?,16-8-/t17-,21+,22+,23-,24+,27+,28+,29-,30+,31+,34+,35+/m1/s1. The molecule has 0 radical (unpaired) electrons. The molecule has 3 fully saturated rings. The smallest absolute Gasteiger partial charge is 0.409 e. The van der Waals surface area contributed by atoms with E-state index in [1.54, 1.807) is 39.0 Å². The van der Waals surface area contributed by atoms with E-state index in [0.29, 0.717) is 5.56 Å². The van der Waals surface area contributed by atoms with E-state index in [9.17, 15) is 39.9 Å². The number of phenols is 1. The van der Waals surface area contributed by atoms with E-state index >= 15 is 0 Å². The van der Waals surface area contributed by atoms with Crippen molar-refractivity contribution in [3.05, 3.63) is 46.5 Å². The van der Waals surface area contributed by atoms with Gasteiger partial charge in [0.15, 0.2) is 12.0 Å². The number of hydrogen-bond acceptors (Lipinski definition) is 14. The average molecular weight is 770 g/mol. The molecule has 1 aromatic rings. The van der Waals surface area contributed by atoms with Crippen LogP contribution < -0.4 is 15.5 Å². The lowest BCUT2D eigenvalue weighted by molar-refractivity contribution is -0.235. The molecule has 4 heterocycles. The number of benzene rings is 1. The number of amides is 3. The Morgan fingerprint density at radius 2 is 1.91 bits per heavy atom. The van der Waals surface area contributed by atoms with Gasteiger partial charge in [0.05, 0.1) is 24.8 Å². The van der Waals surface area contributed by atoms with Crippen LogP contribution in [0.5, 0.6) is 5.75 Å². The van der Waals surface area contributed by atoms with Crippen LogP contribution in [-0.2, 0) is 39.6 Å². The molecule has 0 aliphatic carbocycles. The van der Waals surface area contributed by atoms with Crippen LogP contribution in [0.15, 0.2) is 35.9 Å². The van der Waals surface area contributed by atoms with Gasteiger partial charge in [-0.3, -0.25) is 15.0 Å². The van der Waals surface area contributed by atoms with Crippen molar-refractivity contribution in [3.8, 4) is 5.75 Å². The molecule has 294 valence electrons. The third-order valence-corrected chi connectivity index (χ3v) is 10.7. The second-order valence-electron chi connectivity index (χ2n) is 14.0. The molecule has 53 heavy (non-hydrogen) atoms. The number of hydrogen-bond donors (Lipinski definition) is 7. The molecule has 12 atom stereocenters. The minimum Gasteiger partial charge on any atom is -0.506 e. The Labute approximate surface area is 311 Å². The number of carbonyl (C=O) groups is 3. The van der Waals surface area contributed by atoms with Crippen molar-refractivity contribution in [2.75, 3.05) is 32.8 Å². The maximum absolute atomic E-state index is 14.7. The molecule has 0 unspecified atom stereocenters. The molecule has 4 bridgehead atoms. The van der Waals surface area contributed by atoms with Crippen LogP contribution in [-0.4, -0.2) is 138 Å². The summed E-state index contributed by atoms with van der Waals surface area (Å²) in [6, 6.07) is 2.91. The summed E-state index contributed by atoms with van der Waals surface area (Å²) >= 11 is 6.68. The Hall–Kier alpha value is -3.52. The third kappa shape index (κ3) is 8.13. The Morgan fingerprint density at radius 3 is 2.55 bits per heavy atom. The first-order valence-electron chi connectivity index (χ1n) is 17.1. The van der Waals surface area contributed by atoms with Gasteiger partial charge >= 0.3 is 12.2 Å². The molecule has 3 amide bonds. The summed E-state index contributed by atoms with van der Waals surface area (Å²) in [6.45, 7) is 4.42. The normalized spacial score (nSPS) is 38.8. The lowest BCUT2D eigenvalue weighted by Crippen LogP contribution is -2.65. The van der Waals surface area contributed by atoms with E-state index in [2.05, 4.69) is 10.6 Å². The number of ether oxygens (including phenoxy) is 6. The van der Waals surface area contributed by atoms with Crippen LogP contribution >= 0.6 is 11.6 Å². The van der Waals surface area contributed by atoms with Gasteiger partial charge in [-0.1, -0.05) is 42.3 Å². The van der Waals surface area contributed by atoms with Gasteiger partial charge in [-0.05, 0) is 38.0 Å². The number of aliphatic hydroxyl groups is 4. The molecule has 5 rings (SSSR count). The summed E-state index contributed by atoms with van der Waals surface area (Å²) in [5.74, 6) is -1.86. The number of phenolic OH excluding ortho intramolecular Hbond substituents is 1. The fourth-order valence-corrected chi connectivity index (χ4v) is 7.59. The molecule has 3 saturated heterocycles. The summed E-state index contributed by atoms with van der Waals surface area (Å²) in [7, 11) is 3.94. The molecule has 0 spiro atoms. The number of allylic oxidation sites excluding steroid dienone is 3. The fraction of sp³-hybridized carbons (Fsp3) is 0.629. The van der Waals surface area contributed by atoms with Gasteiger partial charge in [-0.2, -0.15) is 0 Å². The predicted octanol–water partition coefficient (Wildman–Crippen LogP) is 1.00. The van der Waals surface area contributed by atoms with E-state index < -0.39 is 109 Å². The zero-order valence-electron chi connectivity index (χ0n) is 30.2. The number of nitrogens with zero attached hydrogens (tertiary/aromatic N) is 1. The van der Waals surface area contributed by atoms with Crippen molar-refractivity contribution < 1.29 is 68.3 Å². The molecule has 17 nitrogen and oxygen atoms in total. The second-order valence-corrected chi connectivity index (χ2v) is 14.4. The van der Waals surface area contributed by atoms with Crippen molar-refractivity contribution in [2.45, 2.75) is 106 Å². The summed E-state index contributed by atoms with van der Waals surface area (Å²) in [5, 5.41) is 59.6. The molecule has 1 aromatic carbocycles. The Morgan fingerprint density at radius 1 is 1.19 bits per heavy atom. The molecule has 7 N–H and O–H groups in total. The van der Waals surface area contributed by atoms with Gasteiger partial charge in [-0.15, -0.1) is 0 Å². The van der Waals surface area contributed by atoms with Crippen molar-refractivity contribution in [1.29, 1.82) is 0 Å². The lowest BCUT2D eigenvalue weighted by Gasteiger charge is -2.46. The van der Waals surface area contributed by atoms with Gasteiger partial charge in [0.1, 0.15) is 59.1 Å². The first-order chi connectivity index (χ1) is 25.0. The van der Waals surface area contributed by atoms with Crippen LogP contribution in [0.2, 0.25) is 5.02 Å². The van der Waals surface area contributed by atoms with Crippen LogP contribution in [0.25, 0.3) is 0 Å². The van der Waals surface area contributed by atoms with Crippen molar-refractivity contribution >= 4 is 35.4 Å². The monoisotopic (exact) mass is 769 g/mol. The third-order valence-electron chi connectivity index (χ3n) is 10.4. The highest BCUT2D eigenvalue weighted by molar-refractivity contribution is 6.35. The number of aliphatic hydroxyl groups excluding tert-OH is 3. The highest BCUT2D eigenvalue weighted by Gasteiger charge is 2.65. The SMILES string of the molecule is CNC(=O)O[C@H]1CC(=O)N([C@H]2O[C@@H](CO)[C@H](O)[C@@H](OC)[C@@H]2O)c2cc(cc(O)c2Cl)C/C(C)=C\C=C[C@@H](OC)[C@@]2(O)C[C@H](OC(=O)N2)[C@@H](C)[C@@H]2O[C@@]12C. The number of methoxy groups -OCH3 is 2. The molecular weight excluding hydrogens is 722 g/mol. The maximum atomic E-state index is 14.7. The van der Waals surface area contributed by atoms with Gasteiger partial charge in [0.2, 0.25) is 5.91 Å². The van der Waals surface area contributed by atoms with E-state index in [0.717, 1.165) is 10.5 Å². The van der Waals surface area contributed by atoms with E-state index in [4.69, 9.17) is 40.0 Å². The largest absolute Gasteiger partial charge is 0.506 e. The molecule has 0 aromatic heterocycles. The Kier molecular flexibility index (Phi) is 12.3. The van der Waals surface area contributed by atoms with Gasteiger partial charge in [0, 0.05) is 33.6 Å². The highest BCUT2D eigenvalue weighted by Crippen LogP contribution is 2.49. The Balaban J connectivity index is 1.67. The average Bonchev–Trinajstić information content (AvgIpc) is 3.80. The first-order valence-corrected chi connectivity index (χ1v) is 17.5. The number of nitrogens with one attached hydrogen (secondary N) is 2. The highest BCUT2D eigenvalue weighted by atomic mass is 35.5. The zero-order valence-corrected chi connectivity index (χ0v) is 31.0. The summed E-state index contributed by atoms with van der Waals surface area (Å²) in [4.78, 5) is 41.2. The number of alkyl carbamates (subject to hydrolysis) is 2. The molecule has 4 aliphatic rings. The molecule has 0 saturated carbocycles. The topological polar surface area (TPSA) is 238 Å². The van der Waals surface area contributed by atoms with Crippen LogP contribution in [0.3, 0.4) is 0 Å². The summed E-state index contributed by atoms with van der Waals surface area (Å²) < 4.78 is 34.4. The number of carbonyl (C=O) groups excluding carboxylic acids is 3. The van der Waals surface area contributed by atoms with Crippen molar-refractivity contribution in [1.82, 2.24) is 10.6 Å². The Bertz CT molecular complexity index is 1610. The minimum atomic E-state index is -1.89. The zero-order chi connectivity index (χ0) is 39.0. The summed E-state index contributed by atoms with van der Waals surface area (Å²) in [5.41, 5.74) is -2.12. The number of aromatic hydroxyl groups is 1. The number of epoxide rings is 1. The van der Waals surface area contributed by atoms with Crippen LogP contribution in [0.4, 0.5) is 15.3 Å². The maximum Gasteiger partial charge on any atom is 0.409 e. The molecule has 4 aliphatic heterocycles. The fourth-order valence-electron chi connectivity index (χ4n) is 7.39. The molecular formula is C35H48ClN3O14. The molecule has 18 heteroatoms. The number of anilines is 1. The predicted molar refractivity (Wildman–Crippen MR) is 186 cm³/mol. The van der Waals surface area contributed by atoms with Crippen molar-refractivity contribution in [3.63, 3.8) is 0 Å². The number of halogens is 1. The number of fused-ring (bicyclic) bond motifs is 5. The minimum absolute atomic E-state index is 0.0983. The van der Waals surface area contributed by atoms with E-state index in [1.165, 1.54) is 33.4 Å².